The van der Waals surface area contributed by atoms with Crippen LogP contribution >= 0.6 is 0 Å². The monoisotopic (exact) mass is 691 g/mol. The number of hydrogen-bond donors (Lipinski definition) is 3. The Bertz CT molecular complexity index is 1470. The number of fused-ring (bicyclic) bond motifs is 1. The molecule has 14 heteroatoms. The first-order chi connectivity index (χ1) is 22.8. The fraction of sp³-hybridized carbons (Fsp3) is 0.676. The smallest absolute Gasteiger partial charge is 0.319 e. The van der Waals surface area contributed by atoms with E-state index in [9.17, 15) is 23.1 Å². The van der Waals surface area contributed by atoms with Crippen molar-refractivity contribution in [1.82, 2.24) is 19.7 Å². The molecule has 0 saturated heterocycles. The van der Waals surface area contributed by atoms with Crippen molar-refractivity contribution >= 4 is 27.6 Å². The molecule has 3 amide bonds. The maximum atomic E-state index is 14.4. The molecule has 1 aromatic heterocycles. The van der Waals surface area contributed by atoms with Gasteiger partial charge in [-0.2, -0.15) is 4.31 Å². The van der Waals surface area contributed by atoms with Crippen LogP contribution in [0.1, 0.15) is 93.9 Å². The Morgan fingerprint density at radius 1 is 1.12 bits per heavy atom. The molecule has 0 radical (unpaired) electrons. The van der Waals surface area contributed by atoms with Crippen LogP contribution < -0.4 is 15.4 Å². The lowest BCUT2D eigenvalue weighted by Crippen LogP contribution is -2.48. The lowest BCUT2D eigenvalue weighted by atomic mass is 9.96. The highest BCUT2D eigenvalue weighted by Gasteiger charge is 2.34. The third-order valence-corrected chi connectivity index (χ3v) is 11.4. The molecule has 268 valence electrons. The molecule has 0 unspecified atom stereocenters. The van der Waals surface area contributed by atoms with E-state index in [1.807, 2.05) is 13.8 Å². The Morgan fingerprint density at radius 2 is 1.83 bits per heavy atom. The van der Waals surface area contributed by atoms with Gasteiger partial charge in [-0.25, -0.2) is 13.2 Å². The van der Waals surface area contributed by atoms with Crippen LogP contribution in [0.3, 0.4) is 0 Å². The number of nitrogens with zero attached hydrogens (tertiary/aromatic N) is 3. The lowest BCUT2D eigenvalue weighted by Gasteiger charge is -2.35. The number of likely N-dealkylation sites (N-methyl/N-ethyl adjacent to an activating group) is 1. The number of carbonyl (C=O) groups excluding carboxylic acids is 2. The van der Waals surface area contributed by atoms with E-state index in [0.29, 0.717) is 24.5 Å². The van der Waals surface area contributed by atoms with E-state index < -0.39 is 22.2 Å². The molecule has 0 bridgehead atoms. The van der Waals surface area contributed by atoms with E-state index in [1.54, 1.807) is 43.9 Å². The number of sulfonamides is 1. The summed E-state index contributed by atoms with van der Waals surface area (Å²) in [5.41, 5.74) is 0.991. The molecule has 13 nitrogen and oxygen atoms in total. The molecule has 2 heterocycles. The van der Waals surface area contributed by atoms with Crippen molar-refractivity contribution in [3.63, 3.8) is 0 Å². The van der Waals surface area contributed by atoms with E-state index in [0.717, 1.165) is 38.5 Å². The van der Waals surface area contributed by atoms with Crippen LogP contribution in [0, 0.1) is 19.8 Å². The number of rotatable bonds is 8. The Labute approximate surface area is 284 Å². The number of hydrogen-bond acceptors (Lipinski definition) is 9. The Morgan fingerprint density at radius 3 is 2.50 bits per heavy atom. The number of aliphatic hydroxyl groups is 1. The van der Waals surface area contributed by atoms with E-state index in [1.165, 1.54) is 17.8 Å². The predicted molar refractivity (Wildman–Crippen MR) is 182 cm³/mol. The van der Waals surface area contributed by atoms with Gasteiger partial charge in [0.05, 0.1) is 30.4 Å². The van der Waals surface area contributed by atoms with Gasteiger partial charge in [0.15, 0.2) is 5.76 Å². The van der Waals surface area contributed by atoms with Gasteiger partial charge in [0.1, 0.15) is 16.3 Å². The van der Waals surface area contributed by atoms with Crippen molar-refractivity contribution in [3.05, 3.63) is 35.2 Å². The summed E-state index contributed by atoms with van der Waals surface area (Å²) in [6, 6.07) is 4.28. The fourth-order valence-electron chi connectivity index (χ4n) is 6.41. The second kappa shape index (κ2) is 17.0. The average molecular weight is 692 g/mol. The van der Waals surface area contributed by atoms with E-state index in [4.69, 9.17) is 14.0 Å². The van der Waals surface area contributed by atoms with Gasteiger partial charge in [0, 0.05) is 44.4 Å². The van der Waals surface area contributed by atoms with Crippen LogP contribution in [0.25, 0.3) is 0 Å². The standard InChI is InChI=1S/C34H53N5O8S/c1-22-19-39(23(2)21-40)33(41)29-18-28(36-34(42)35-27-13-8-7-9-14-27)15-16-30(29)46-24(3)12-10-11-17-45-31(22)20-38(6)48(43,44)32-25(4)37-47-26(32)5/h15-16,18,22-24,27,31,40H,7-14,17,19-21H2,1-6H3,(H2,35,36,42)/t22-,23+,24-,31-/m1/s1. The Kier molecular flexibility index (Phi) is 13.3. The molecular formula is C34H53N5O8S. The first kappa shape index (κ1) is 37.6. The van der Waals surface area contributed by atoms with Crippen molar-refractivity contribution in [2.75, 3.05) is 38.7 Å². The lowest BCUT2D eigenvalue weighted by molar-refractivity contribution is -0.00835. The van der Waals surface area contributed by atoms with Crippen molar-refractivity contribution < 1.29 is 37.1 Å². The van der Waals surface area contributed by atoms with Gasteiger partial charge < -0.3 is 34.6 Å². The zero-order chi connectivity index (χ0) is 35.0. The number of urea groups is 1. The summed E-state index contributed by atoms with van der Waals surface area (Å²) in [6.45, 7) is 9.06. The first-order valence-electron chi connectivity index (χ1n) is 17.1. The van der Waals surface area contributed by atoms with Crippen LogP contribution in [0.4, 0.5) is 10.5 Å². The molecule has 2 aliphatic rings. The van der Waals surface area contributed by atoms with Gasteiger partial charge in [-0.05, 0) is 78.0 Å². The summed E-state index contributed by atoms with van der Waals surface area (Å²) < 4.78 is 46.1. The zero-order valence-electron chi connectivity index (χ0n) is 29.2. The second-order valence-corrected chi connectivity index (χ2v) is 15.4. The summed E-state index contributed by atoms with van der Waals surface area (Å²) in [5, 5.41) is 20.0. The molecular weight excluding hydrogens is 638 g/mol. The molecule has 1 aliphatic heterocycles. The van der Waals surface area contributed by atoms with Gasteiger partial charge >= 0.3 is 6.03 Å². The van der Waals surface area contributed by atoms with Gasteiger partial charge in [0.25, 0.3) is 5.91 Å². The minimum absolute atomic E-state index is 0.0311. The van der Waals surface area contributed by atoms with E-state index >= 15 is 0 Å². The number of carbonyl (C=O) groups is 2. The number of nitrogens with one attached hydrogen (secondary N) is 2. The summed E-state index contributed by atoms with van der Waals surface area (Å²) in [7, 11) is -2.44. The summed E-state index contributed by atoms with van der Waals surface area (Å²) in [4.78, 5) is 28.9. The number of aryl methyl sites for hydroxylation is 2. The molecule has 1 saturated carbocycles. The first-order valence-corrected chi connectivity index (χ1v) is 18.6. The van der Waals surface area contributed by atoms with Gasteiger partial charge in [0.2, 0.25) is 10.0 Å². The number of aliphatic hydroxyl groups excluding tert-OH is 1. The van der Waals surface area contributed by atoms with Crippen molar-refractivity contribution in [1.29, 1.82) is 0 Å². The maximum absolute atomic E-state index is 14.4. The maximum Gasteiger partial charge on any atom is 0.319 e. The summed E-state index contributed by atoms with van der Waals surface area (Å²) in [6.07, 6.45) is 6.70. The van der Waals surface area contributed by atoms with Crippen LogP contribution in [0.2, 0.25) is 0 Å². The number of amides is 3. The summed E-state index contributed by atoms with van der Waals surface area (Å²) in [5.74, 6) is -0.111. The third-order valence-electron chi connectivity index (χ3n) is 9.32. The van der Waals surface area contributed by atoms with Crippen molar-refractivity contribution in [2.45, 2.75) is 115 Å². The van der Waals surface area contributed by atoms with Gasteiger partial charge in [-0.15, -0.1) is 0 Å². The highest BCUT2D eigenvalue weighted by molar-refractivity contribution is 7.89. The zero-order valence-corrected chi connectivity index (χ0v) is 30.0. The highest BCUT2D eigenvalue weighted by atomic mass is 32.2. The molecule has 1 aliphatic carbocycles. The van der Waals surface area contributed by atoms with E-state index in [2.05, 4.69) is 15.8 Å². The minimum Gasteiger partial charge on any atom is -0.490 e. The van der Waals surface area contributed by atoms with E-state index in [-0.39, 0.29) is 71.6 Å². The molecule has 3 N–H and O–H groups in total. The second-order valence-electron chi connectivity index (χ2n) is 13.4. The normalized spacial score (nSPS) is 22.8. The van der Waals surface area contributed by atoms with Crippen LogP contribution in [-0.2, 0) is 14.8 Å². The number of ether oxygens (including phenoxy) is 2. The molecule has 2 aromatic rings. The molecule has 1 aromatic carbocycles. The van der Waals surface area contributed by atoms with Crippen LogP contribution in [-0.4, -0.2) is 97.5 Å². The largest absolute Gasteiger partial charge is 0.490 e. The molecule has 48 heavy (non-hydrogen) atoms. The highest BCUT2D eigenvalue weighted by Crippen LogP contribution is 2.29. The fourth-order valence-corrected chi connectivity index (χ4v) is 7.88. The molecule has 0 spiro atoms. The molecule has 1 fully saturated rings. The van der Waals surface area contributed by atoms with Crippen LogP contribution in [0.15, 0.2) is 27.6 Å². The van der Waals surface area contributed by atoms with Gasteiger partial charge in [-0.3, -0.25) is 4.79 Å². The third kappa shape index (κ3) is 9.48. The predicted octanol–water partition coefficient (Wildman–Crippen LogP) is 4.86. The quantitative estimate of drug-likeness (QED) is 0.351. The number of aromatic nitrogens is 1. The Balaban J connectivity index is 1.61. The van der Waals surface area contributed by atoms with Crippen molar-refractivity contribution in [2.24, 2.45) is 5.92 Å². The van der Waals surface area contributed by atoms with Crippen molar-refractivity contribution in [3.8, 4) is 5.75 Å². The SMILES string of the molecule is Cc1noc(C)c1S(=O)(=O)N(C)C[C@H]1OCCCC[C@@H](C)Oc2ccc(NC(=O)NC3CCCCC3)cc2C(=O)N([C@@H](C)CO)C[C@H]1C. The average Bonchev–Trinajstić information content (AvgIpc) is 3.40. The minimum atomic E-state index is -3.94. The molecule has 4 atom stereocenters. The topological polar surface area (TPSA) is 164 Å². The van der Waals surface area contributed by atoms with Gasteiger partial charge in [-0.1, -0.05) is 31.3 Å². The summed E-state index contributed by atoms with van der Waals surface area (Å²) >= 11 is 0. The molecule has 4 rings (SSSR count). The van der Waals surface area contributed by atoms with Crippen LogP contribution in [0.5, 0.6) is 5.75 Å². The number of benzene rings is 1. The Hall–Kier alpha value is -3.20. The number of anilines is 1.